The van der Waals surface area contributed by atoms with Crippen LogP contribution in [0.5, 0.6) is 0 Å². The van der Waals surface area contributed by atoms with Gasteiger partial charge in [-0.1, -0.05) is 57.0 Å². The van der Waals surface area contributed by atoms with Gasteiger partial charge in [0, 0.05) is 34.6 Å². The van der Waals surface area contributed by atoms with Crippen LogP contribution in [0.3, 0.4) is 0 Å². The van der Waals surface area contributed by atoms with E-state index >= 15 is 0 Å². The zero-order chi connectivity index (χ0) is 43.8. The fourth-order valence-electron chi connectivity index (χ4n) is 9.46. The number of esters is 1. The zero-order valence-electron chi connectivity index (χ0n) is 36.5. The van der Waals surface area contributed by atoms with E-state index in [0.717, 1.165) is 20.5 Å². The number of cyclic esters (lactones) is 1. The molecule has 3 fully saturated rings. The fourth-order valence-corrected chi connectivity index (χ4v) is 10.6. The molecule has 326 valence electrons. The van der Waals surface area contributed by atoms with E-state index in [1.165, 1.54) is 6.92 Å². The number of aliphatic hydroxyl groups is 1. The molecular formula is C45H60N4O10S. The maximum Gasteiger partial charge on any atom is 0.316 e. The smallest absolute Gasteiger partial charge is 0.316 e. The molecule has 1 aromatic carbocycles. The summed E-state index contributed by atoms with van der Waals surface area (Å²) in [6.07, 6.45) is -3.70. The summed E-state index contributed by atoms with van der Waals surface area (Å²) in [5.41, 5.74) is -0.821. The lowest BCUT2D eigenvalue weighted by Gasteiger charge is -2.47. The number of Topliss-reactive ketones (excluding diaryl/α,β-unsaturated/α-hetero) is 2. The Hall–Kier alpha value is -4.17. The molecule has 3 saturated heterocycles. The number of aromatic nitrogens is 1. The van der Waals surface area contributed by atoms with E-state index in [1.807, 2.05) is 45.0 Å². The molecule has 60 heavy (non-hydrogen) atoms. The summed E-state index contributed by atoms with van der Waals surface area (Å²) in [4.78, 5) is 58.7. The predicted molar refractivity (Wildman–Crippen MR) is 226 cm³/mol. The van der Waals surface area contributed by atoms with Gasteiger partial charge in [-0.25, -0.2) is 4.79 Å². The lowest BCUT2D eigenvalue weighted by atomic mass is 9.73. The van der Waals surface area contributed by atoms with Crippen LogP contribution in [0, 0.1) is 42.4 Å². The maximum atomic E-state index is 14.5. The number of nitrogens with one attached hydrogen (secondary N) is 2. The number of aliphatic hydroxyl groups excluding tert-OH is 1. The van der Waals surface area contributed by atoms with Gasteiger partial charge in [0.2, 0.25) is 5.76 Å². The third-order valence-electron chi connectivity index (χ3n) is 12.9. The molecular weight excluding hydrogens is 789 g/mol. The van der Waals surface area contributed by atoms with Crippen molar-refractivity contribution in [3.05, 3.63) is 41.7 Å². The topological polar surface area (TPSA) is 179 Å². The highest BCUT2D eigenvalue weighted by atomic mass is 32.1. The molecule has 6 rings (SSSR count). The summed E-state index contributed by atoms with van der Waals surface area (Å²) in [7, 11) is 3.73. The molecule has 3 N–H and O–H groups in total. The van der Waals surface area contributed by atoms with Crippen LogP contribution < -0.4 is 10.6 Å². The average Bonchev–Trinajstić information content (AvgIpc) is 3.91. The number of likely N-dealkylation sites (N-methyl/N-ethyl adjacent to an activating group) is 1. The van der Waals surface area contributed by atoms with Crippen LogP contribution in [0.1, 0.15) is 86.0 Å². The van der Waals surface area contributed by atoms with Crippen LogP contribution in [-0.4, -0.2) is 113 Å². The number of carbonyl (C=O) groups is 4. The Bertz CT molecular complexity index is 2140. The van der Waals surface area contributed by atoms with E-state index in [2.05, 4.69) is 46.7 Å². The second-order valence-corrected chi connectivity index (χ2v) is 18.6. The molecule has 15 heteroatoms. The lowest BCUT2D eigenvalue weighted by Crippen LogP contribution is -2.62. The number of urea groups is 1. The van der Waals surface area contributed by atoms with Crippen molar-refractivity contribution < 1.29 is 47.8 Å². The molecule has 3 aliphatic rings. The third-order valence-corrected chi connectivity index (χ3v) is 14.2. The van der Waals surface area contributed by atoms with Gasteiger partial charge in [-0.3, -0.25) is 14.4 Å². The van der Waals surface area contributed by atoms with Gasteiger partial charge in [0.15, 0.2) is 12.1 Å². The van der Waals surface area contributed by atoms with Crippen molar-refractivity contribution in [2.45, 2.75) is 136 Å². The Morgan fingerprint density at radius 2 is 1.77 bits per heavy atom. The lowest BCUT2D eigenvalue weighted by molar-refractivity contribution is -0.296. The molecule has 0 radical (unpaired) electrons. The fraction of sp³-hybridized carbons (Fsp3) is 0.622. The summed E-state index contributed by atoms with van der Waals surface area (Å²) >= 11 is 1.62. The first kappa shape index (κ1) is 45.4. The largest absolute Gasteiger partial charge is 0.459 e. The van der Waals surface area contributed by atoms with E-state index in [0.29, 0.717) is 24.3 Å². The van der Waals surface area contributed by atoms with Crippen LogP contribution in [0.15, 0.2) is 34.9 Å². The van der Waals surface area contributed by atoms with Gasteiger partial charge in [0.25, 0.3) is 0 Å². The molecule has 2 aromatic heterocycles. The van der Waals surface area contributed by atoms with E-state index in [-0.39, 0.29) is 31.0 Å². The minimum atomic E-state index is -1.43. The van der Waals surface area contributed by atoms with E-state index in [9.17, 15) is 24.3 Å². The number of hydrogen-bond acceptors (Lipinski definition) is 13. The number of carbonyl (C=O) groups excluding carboxylic acids is 4. The summed E-state index contributed by atoms with van der Waals surface area (Å²) in [5.74, 6) is 1.22. The molecule has 0 aliphatic carbocycles. The average molecular weight is 849 g/mol. The molecule has 3 aliphatic heterocycles. The van der Waals surface area contributed by atoms with E-state index < -0.39 is 83.2 Å². The predicted octanol–water partition coefficient (Wildman–Crippen LogP) is 5.65. The second kappa shape index (κ2) is 18.0. The number of nitrogens with zero attached hydrogens (tertiary/aromatic N) is 2. The minimum absolute atomic E-state index is 0.0497. The number of hydrogen-bond donors (Lipinski definition) is 3. The van der Waals surface area contributed by atoms with Crippen LogP contribution in [-0.2, 0) is 33.3 Å². The summed E-state index contributed by atoms with van der Waals surface area (Å²) in [6.45, 7) is 15.8. The van der Waals surface area contributed by atoms with Gasteiger partial charge in [0.05, 0.1) is 34.3 Å². The molecule has 2 amide bonds. The van der Waals surface area contributed by atoms with Crippen LogP contribution >= 0.6 is 11.3 Å². The van der Waals surface area contributed by atoms with Gasteiger partial charge in [-0.05, 0) is 90.9 Å². The number of ether oxygens (including phenoxy) is 4. The first-order valence-electron chi connectivity index (χ1n) is 20.9. The molecule has 0 bridgehead atoms. The monoisotopic (exact) mass is 848 g/mol. The van der Waals surface area contributed by atoms with Gasteiger partial charge in [0.1, 0.15) is 36.2 Å². The van der Waals surface area contributed by atoms with Crippen LogP contribution in [0.25, 0.3) is 20.7 Å². The van der Waals surface area contributed by atoms with Crippen molar-refractivity contribution in [2.24, 2.45) is 23.7 Å². The standard InChI is InChI=1S/C45H60N4O10S/c1-12-34-45(9)39(46-43(54)47-45)26(5)35(50)23(2)22-44(8,55-19-15-16-29-21-31(48-59-29)38-25(4)30-17-13-14-18-33(30)60-38)40(27(6)36(51)28(7)41(53)57-34)58-42-37(52)32(49(10)11)20-24(3)56-42/h13-14,17-18,21,23-24,26-28,32,34,37,39-40,42,52H,12,19-20,22H2,1-11H3,(H2,46,47,54)/t23-,24-,26+,27+,28-,32+,34-,37-,39-,40-,42+,44-,45-/m1/s1. The van der Waals surface area contributed by atoms with Gasteiger partial charge in [-0.2, -0.15) is 0 Å². The highest BCUT2D eigenvalue weighted by Gasteiger charge is 2.55. The van der Waals surface area contributed by atoms with Crippen LogP contribution in [0.4, 0.5) is 4.79 Å². The highest BCUT2D eigenvalue weighted by molar-refractivity contribution is 7.22. The van der Waals surface area contributed by atoms with Crippen molar-refractivity contribution in [1.82, 2.24) is 20.7 Å². The number of thiophene rings is 1. The molecule has 3 aromatic rings. The van der Waals surface area contributed by atoms with Crippen molar-refractivity contribution in [2.75, 3.05) is 20.7 Å². The number of amides is 2. The number of benzene rings is 1. The zero-order valence-corrected chi connectivity index (χ0v) is 37.3. The first-order valence-corrected chi connectivity index (χ1v) is 21.7. The normalized spacial score (nSPS) is 35.6. The van der Waals surface area contributed by atoms with Crippen molar-refractivity contribution >= 4 is 45.0 Å². The Labute approximate surface area is 356 Å². The number of aryl methyl sites for hydroxylation is 1. The number of ketones is 2. The van der Waals surface area contributed by atoms with Gasteiger partial charge < -0.3 is 44.1 Å². The van der Waals surface area contributed by atoms with Crippen molar-refractivity contribution in [3.8, 4) is 22.4 Å². The quantitative estimate of drug-likeness (QED) is 0.151. The van der Waals surface area contributed by atoms with Crippen molar-refractivity contribution in [1.29, 1.82) is 0 Å². The van der Waals surface area contributed by atoms with Crippen LogP contribution in [0.2, 0.25) is 0 Å². The summed E-state index contributed by atoms with van der Waals surface area (Å²) in [5, 5.41) is 22.9. The summed E-state index contributed by atoms with van der Waals surface area (Å²) in [6, 6.07) is 8.37. The molecule has 5 heterocycles. The summed E-state index contributed by atoms with van der Waals surface area (Å²) < 4.78 is 32.4. The maximum absolute atomic E-state index is 14.5. The van der Waals surface area contributed by atoms with E-state index in [1.54, 1.807) is 52.0 Å². The molecule has 0 saturated carbocycles. The second-order valence-electron chi connectivity index (χ2n) is 17.6. The third kappa shape index (κ3) is 8.91. The van der Waals surface area contributed by atoms with E-state index in [4.69, 9.17) is 23.5 Å². The van der Waals surface area contributed by atoms with Gasteiger partial charge >= 0.3 is 12.0 Å². The SMILES string of the molecule is CC[C@H]1OC(=O)[C@H](C)C(=O)[C@H](C)[C@@H](O[C@@H]2O[C@H](C)C[C@H](N(C)C)[C@H]2O)[C@](C)(OCC#Cc2cc(-c3sc4ccccc4c3C)no2)C[C@@H](C)C(=O)[C@H](C)[C@H]2NC(=O)N[C@@]21C. The molecule has 14 nitrogen and oxygen atoms in total. The Morgan fingerprint density at radius 3 is 2.45 bits per heavy atom. The minimum Gasteiger partial charge on any atom is -0.459 e. The molecule has 13 atom stereocenters. The molecule has 0 spiro atoms. The Kier molecular flexibility index (Phi) is 13.6. The number of rotatable bonds is 7. The Balaban J connectivity index is 1.37. The first-order chi connectivity index (χ1) is 28.3. The van der Waals surface area contributed by atoms with Gasteiger partial charge in [-0.15, -0.1) is 11.3 Å². The van der Waals surface area contributed by atoms with Crippen molar-refractivity contribution in [3.63, 3.8) is 0 Å². The molecule has 0 unspecified atom stereocenters. The number of fused-ring (bicyclic) bond motifs is 2. The highest BCUT2D eigenvalue weighted by Crippen LogP contribution is 2.40. The Morgan fingerprint density at radius 1 is 1.05 bits per heavy atom.